The zero-order chi connectivity index (χ0) is 21.7. The molecule has 1 heterocycles. The lowest BCUT2D eigenvalue weighted by molar-refractivity contribution is -0.0512. The molecule has 158 valence electrons. The third-order valence-corrected chi connectivity index (χ3v) is 4.81. The molecule has 1 N–H and O–H groups in total. The SMILES string of the molecule is COc1ccc(OC)c(-c2csc(NC(=O)c3ccc(OC)c(OC(F)F)c3)n2)c1. The first-order valence-corrected chi connectivity index (χ1v) is 9.45. The van der Waals surface area contributed by atoms with Crippen LogP contribution in [0.3, 0.4) is 0 Å². The molecule has 0 atom stereocenters. The van der Waals surface area contributed by atoms with E-state index >= 15 is 0 Å². The summed E-state index contributed by atoms with van der Waals surface area (Å²) >= 11 is 1.21. The fraction of sp³-hybridized carbons (Fsp3) is 0.200. The Kier molecular flexibility index (Phi) is 6.68. The van der Waals surface area contributed by atoms with Crippen LogP contribution < -0.4 is 24.3 Å². The van der Waals surface area contributed by atoms with E-state index < -0.39 is 12.5 Å². The Morgan fingerprint density at radius 3 is 2.40 bits per heavy atom. The Balaban J connectivity index is 1.82. The molecule has 0 radical (unpaired) electrons. The highest BCUT2D eigenvalue weighted by atomic mass is 32.1. The molecule has 10 heteroatoms. The van der Waals surface area contributed by atoms with E-state index in [0.29, 0.717) is 27.9 Å². The van der Waals surface area contributed by atoms with E-state index in [1.807, 2.05) is 0 Å². The van der Waals surface area contributed by atoms with Crippen LogP contribution in [-0.4, -0.2) is 38.8 Å². The predicted molar refractivity (Wildman–Crippen MR) is 108 cm³/mol. The van der Waals surface area contributed by atoms with Gasteiger partial charge in [-0.2, -0.15) is 8.78 Å². The normalized spacial score (nSPS) is 10.6. The van der Waals surface area contributed by atoms with Crippen LogP contribution in [0.25, 0.3) is 11.3 Å². The van der Waals surface area contributed by atoms with Gasteiger partial charge in [0.1, 0.15) is 11.5 Å². The van der Waals surface area contributed by atoms with Crippen molar-refractivity contribution in [1.82, 2.24) is 4.98 Å². The summed E-state index contributed by atoms with van der Waals surface area (Å²) in [6.07, 6.45) is 0. The number of halogens is 2. The number of hydrogen-bond acceptors (Lipinski definition) is 7. The number of nitrogens with one attached hydrogen (secondary N) is 1. The van der Waals surface area contributed by atoms with Gasteiger partial charge in [-0.05, 0) is 36.4 Å². The first-order valence-electron chi connectivity index (χ1n) is 8.57. The van der Waals surface area contributed by atoms with Crippen molar-refractivity contribution in [1.29, 1.82) is 0 Å². The van der Waals surface area contributed by atoms with Crippen molar-refractivity contribution in [2.45, 2.75) is 6.61 Å². The number of ether oxygens (including phenoxy) is 4. The van der Waals surface area contributed by atoms with Crippen LogP contribution in [0.2, 0.25) is 0 Å². The number of alkyl halides is 2. The quantitative estimate of drug-likeness (QED) is 0.552. The zero-order valence-electron chi connectivity index (χ0n) is 16.3. The van der Waals surface area contributed by atoms with E-state index in [1.54, 1.807) is 37.8 Å². The fourth-order valence-corrected chi connectivity index (χ4v) is 3.35. The molecule has 2 aromatic carbocycles. The van der Waals surface area contributed by atoms with E-state index in [4.69, 9.17) is 14.2 Å². The van der Waals surface area contributed by atoms with Crippen LogP contribution >= 0.6 is 11.3 Å². The number of benzene rings is 2. The van der Waals surface area contributed by atoms with Gasteiger partial charge in [-0.3, -0.25) is 10.1 Å². The average molecular weight is 436 g/mol. The molecule has 3 aromatic rings. The number of aromatic nitrogens is 1. The van der Waals surface area contributed by atoms with Gasteiger partial charge in [-0.15, -0.1) is 11.3 Å². The van der Waals surface area contributed by atoms with Crippen molar-refractivity contribution in [3.63, 3.8) is 0 Å². The summed E-state index contributed by atoms with van der Waals surface area (Å²) in [5.74, 6) is 0.557. The Bertz CT molecular complexity index is 1040. The maximum absolute atomic E-state index is 12.6. The van der Waals surface area contributed by atoms with E-state index in [0.717, 1.165) is 0 Å². The van der Waals surface area contributed by atoms with Gasteiger partial charge in [-0.25, -0.2) is 4.98 Å². The van der Waals surface area contributed by atoms with Crippen molar-refractivity contribution in [3.8, 4) is 34.3 Å². The highest BCUT2D eigenvalue weighted by Crippen LogP contribution is 2.35. The fourth-order valence-electron chi connectivity index (χ4n) is 2.64. The first-order chi connectivity index (χ1) is 14.4. The molecule has 0 fully saturated rings. The Morgan fingerprint density at radius 1 is 1.00 bits per heavy atom. The number of carbonyl (C=O) groups is 1. The molecule has 0 aliphatic heterocycles. The second-order valence-corrected chi connectivity index (χ2v) is 6.66. The van der Waals surface area contributed by atoms with Gasteiger partial charge in [0.2, 0.25) is 0 Å². The Hall–Kier alpha value is -3.40. The van der Waals surface area contributed by atoms with Gasteiger partial charge >= 0.3 is 6.61 Å². The molecule has 0 aliphatic carbocycles. The number of hydrogen-bond donors (Lipinski definition) is 1. The predicted octanol–water partition coefficient (Wildman–Crippen LogP) is 4.69. The lowest BCUT2D eigenvalue weighted by atomic mass is 10.1. The molecule has 0 bridgehead atoms. The zero-order valence-corrected chi connectivity index (χ0v) is 17.1. The van der Waals surface area contributed by atoms with E-state index in [-0.39, 0.29) is 17.1 Å². The van der Waals surface area contributed by atoms with Crippen LogP contribution in [0.5, 0.6) is 23.0 Å². The molecule has 30 heavy (non-hydrogen) atoms. The molecule has 0 unspecified atom stereocenters. The molecular weight excluding hydrogens is 418 g/mol. The van der Waals surface area contributed by atoms with Crippen molar-refractivity contribution < 1.29 is 32.5 Å². The van der Waals surface area contributed by atoms with Crippen LogP contribution in [-0.2, 0) is 0 Å². The van der Waals surface area contributed by atoms with Crippen molar-refractivity contribution in [2.75, 3.05) is 26.6 Å². The van der Waals surface area contributed by atoms with Gasteiger partial charge in [0.05, 0.1) is 27.0 Å². The van der Waals surface area contributed by atoms with Crippen molar-refractivity contribution in [3.05, 3.63) is 47.3 Å². The summed E-state index contributed by atoms with van der Waals surface area (Å²) in [7, 11) is 4.42. The highest BCUT2D eigenvalue weighted by Gasteiger charge is 2.17. The molecular formula is C20H18F2N2O5S. The minimum atomic E-state index is -3.04. The maximum atomic E-state index is 12.6. The molecule has 3 rings (SSSR count). The standard InChI is InChI=1S/C20H18F2N2O5S/c1-26-12-5-7-15(27-2)13(9-12)14-10-30-20(23-14)24-18(25)11-4-6-16(28-3)17(8-11)29-19(21)22/h4-10,19H,1-3H3,(H,23,24,25). The van der Waals surface area contributed by atoms with Crippen LogP contribution in [0.15, 0.2) is 41.8 Å². The van der Waals surface area contributed by atoms with Crippen LogP contribution in [0.4, 0.5) is 13.9 Å². The number of anilines is 1. The number of thiazole rings is 1. The molecule has 0 aliphatic rings. The third-order valence-electron chi connectivity index (χ3n) is 4.05. The minimum absolute atomic E-state index is 0.0912. The van der Waals surface area contributed by atoms with E-state index in [1.165, 1.54) is 36.6 Å². The summed E-state index contributed by atoms with van der Waals surface area (Å²) in [5.41, 5.74) is 1.40. The lowest BCUT2D eigenvalue weighted by Crippen LogP contribution is -2.12. The molecule has 7 nitrogen and oxygen atoms in total. The highest BCUT2D eigenvalue weighted by molar-refractivity contribution is 7.14. The number of carbonyl (C=O) groups excluding carboxylic acids is 1. The summed E-state index contributed by atoms with van der Waals surface area (Å²) < 4.78 is 45.2. The van der Waals surface area contributed by atoms with Crippen LogP contribution in [0, 0.1) is 0 Å². The van der Waals surface area contributed by atoms with Crippen molar-refractivity contribution in [2.24, 2.45) is 0 Å². The van der Waals surface area contributed by atoms with Gasteiger partial charge in [0.25, 0.3) is 5.91 Å². The second kappa shape index (κ2) is 9.40. The summed E-state index contributed by atoms with van der Waals surface area (Å²) in [4.78, 5) is 17.0. The van der Waals surface area contributed by atoms with E-state index in [9.17, 15) is 13.6 Å². The number of methoxy groups -OCH3 is 3. The molecule has 1 amide bonds. The number of rotatable bonds is 8. The monoisotopic (exact) mass is 436 g/mol. The van der Waals surface area contributed by atoms with Gasteiger partial charge in [-0.1, -0.05) is 0 Å². The summed E-state index contributed by atoms with van der Waals surface area (Å²) in [5, 5.41) is 4.73. The molecule has 0 saturated carbocycles. The van der Waals surface area contributed by atoms with Gasteiger partial charge in [0.15, 0.2) is 16.6 Å². The number of nitrogens with zero attached hydrogens (tertiary/aromatic N) is 1. The van der Waals surface area contributed by atoms with Crippen LogP contribution in [0.1, 0.15) is 10.4 Å². The van der Waals surface area contributed by atoms with Gasteiger partial charge in [0, 0.05) is 16.5 Å². The smallest absolute Gasteiger partial charge is 0.387 e. The van der Waals surface area contributed by atoms with E-state index in [2.05, 4.69) is 15.0 Å². The Labute approximate surface area is 175 Å². The van der Waals surface area contributed by atoms with Crippen molar-refractivity contribution >= 4 is 22.4 Å². The van der Waals surface area contributed by atoms with Gasteiger partial charge < -0.3 is 18.9 Å². The minimum Gasteiger partial charge on any atom is -0.497 e. The largest absolute Gasteiger partial charge is 0.497 e. The second-order valence-electron chi connectivity index (χ2n) is 5.80. The summed E-state index contributed by atoms with van der Waals surface area (Å²) in [6.45, 7) is -3.04. The number of amides is 1. The topological polar surface area (TPSA) is 78.9 Å². The first kappa shape index (κ1) is 21.3. The molecule has 0 spiro atoms. The molecule has 0 saturated heterocycles. The average Bonchev–Trinajstić information content (AvgIpc) is 3.21. The lowest BCUT2D eigenvalue weighted by Gasteiger charge is -2.11. The Morgan fingerprint density at radius 2 is 1.73 bits per heavy atom. The maximum Gasteiger partial charge on any atom is 0.387 e. The summed E-state index contributed by atoms with van der Waals surface area (Å²) in [6, 6.07) is 9.29. The molecule has 1 aromatic heterocycles. The third kappa shape index (κ3) is 4.77.